The second kappa shape index (κ2) is 7.48. The fourth-order valence-corrected chi connectivity index (χ4v) is 2.87. The zero-order valence-electron chi connectivity index (χ0n) is 15.1. The molecule has 146 valence electrons. The van der Waals surface area contributed by atoms with Crippen LogP contribution in [0.25, 0.3) is 16.9 Å². The maximum Gasteiger partial charge on any atom is 0.249 e. The molecule has 0 atom stereocenters. The molecule has 0 spiro atoms. The van der Waals surface area contributed by atoms with Gasteiger partial charge in [0.25, 0.3) is 0 Å². The molecule has 0 aliphatic carbocycles. The Kier molecular flexibility index (Phi) is 4.85. The molecule has 29 heavy (non-hydrogen) atoms. The number of nitrogens with two attached hydrogens (primary N) is 1. The van der Waals surface area contributed by atoms with Crippen LogP contribution in [0.3, 0.4) is 0 Å². The van der Waals surface area contributed by atoms with Gasteiger partial charge in [-0.1, -0.05) is 11.6 Å². The number of hydrogen-bond acceptors (Lipinski definition) is 5. The Morgan fingerprint density at radius 1 is 0.966 bits per heavy atom. The Morgan fingerprint density at radius 3 is 2.24 bits per heavy atom. The lowest BCUT2D eigenvalue weighted by Gasteiger charge is -2.10. The van der Waals surface area contributed by atoms with Crippen LogP contribution in [0.2, 0.25) is 5.15 Å². The number of aromatic nitrogens is 4. The number of aryl methyl sites for hydroxylation is 1. The largest absolute Gasteiger partial charge is 0.418 e. The molecule has 0 saturated carbocycles. The van der Waals surface area contributed by atoms with E-state index in [1.165, 1.54) is 28.9 Å². The van der Waals surface area contributed by atoms with Gasteiger partial charge >= 0.3 is 0 Å². The number of halogens is 3. The number of rotatable bonds is 4. The molecule has 0 radical (unpaired) electrons. The van der Waals surface area contributed by atoms with Crippen LogP contribution in [0.15, 0.2) is 54.6 Å². The van der Waals surface area contributed by atoms with Gasteiger partial charge in [0.05, 0.1) is 11.4 Å². The van der Waals surface area contributed by atoms with Crippen molar-refractivity contribution in [3.63, 3.8) is 0 Å². The molecule has 0 aliphatic heterocycles. The van der Waals surface area contributed by atoms with E-state index in [-0.39, 0.29) is 34.2 Å². The Hall–Kier alpha value is -3.52. The minimum Gasteiger partial charge on any atom is -0.418 e. The van der Waals surface area contributed by atoms with E-state index in [0.717, 1.165) is 0 Å². The quantitative estimate of drug-likeness (QED) is 0.479. The van der Waals surface area contributed by atoms with Crippen LogP contribution < -0.4 is 10.5 Å². The summed E-state index contributed by atoms with van der Waals surface area (Å²) in [5, 5.41) is 4.58. The van der Waals surface area contributed by atoms with Gasteiger partial charge < -0.3 is 10.5 Å². The summed E-state index contributed by atoms with van der Waals surface area (Å²) in [4.78, 5) is 8.15. The fourth-order valence-electron chi connectivity index (χ4n) is 2.67. The predicted octanol–water partition coefficient (Wildman–Crippen LogP) is 4.94. The van der Waals surface area contributed by atoms with E-state index in [4.69, 9.17) is 22.1 Å². The first kappa shape index (κ1) is 18.8. The number of ether oxygens (including phenoxy) is 1. The molecule has 2 aromatic heterocycles. The van der Waals surface area contributed by atoms with Crippen molar-refractivity contribution in [1.29, 1.82) is 0 Å². The molecule has 0 fully saturated rings. The number of nitrogens with zero attached hydrogens (tertiary/aromatic N) is 4. The summed E-state index contributed by atoms with van der Waals surface area (Å²) in [6, 6.07) is 13.2. The van der Waals surface area contributed by atoms with E-state index >= 15 is 0 Å². The van der Waals surface area contributed by atoms with Crippen molar-refractivity contribution in [2.45, 2.75) is 6.92 Å². The van der Waals surface area contributed by atoms with Crippen LogP contribution in [0, 0.1) is 18.6 Å². The summed E-state index contributed by atoms with van der Waals surface area (Å²) in [7, 11) is 0. The van der Waals surface area contributed by atoms with Gasteiger partial charge in [-0.2, -0.15) is 10.1 Å². The lowest BCUT2D eigenvalue weighted by atomic mass is 10.1. The maximum atomic E-state index is 13.4. The zero-order valence-corrected chi connectivity index (χ0v) is 15.9. The van der Waals surface area contributed by atoms with Crippen LogP contribution in [0.4, 0.5) is 14.5 Å². The highest BCUT2D eigenvalue weighted by Gasteiger charge is 2.17. The molecule has 2 aromatic carbocycles. The van der Waals surface area contributed by atoms with Crippen LogP contribution in [-0.4, -0.2) is 19.7 Å². The van der Waals surface area contributed by atoms with Gasteiger partial charge in [-0.15, -0.1) is 0 Å². The Morgan fingerprint density at radius 2 is 1.59 bits per heavy atom. The normalized spacial score (nSPS) is 10.9. The van der Waals surface area contributed by atoms with Gasteiger partial charge in [-0.3, -0.25) is 0 Å². The second-order valence-corrected chi connectivity index (χ2v) is 6.50. The summed E-state index contributed by atoms with van der Waals surface area (Å²) >= 11 is 6.02. The zero-order chi connectivity index (χ0) is 20.5. The molecule has 9 heteroatoms. The van der Waals surface area contributed by atoms with Gasteiger partial charge in [0.15, 0.2) is 5.15 Å². The predicted molar refractivity (Wildman–Crippen MR) is 105 cm³/mol. The van der Waals surface area contributed by atoms with E-state index in [1.54, 1.807) is 37.3 Å². The third-order valence-corrected chi connectivity index (χ3v) is 4.35. The van der Waals surface area contributed by atoms with Crippen molar-refractivity contribution in [2.24, 2.45) is 0 Å². The van der Waals surface area contributed by atoms with Gasteiger partial charge in [-0.05, 0) is 55.5 Å². The van der Waals surface area contributed by atoms with Crippen molar-refractivity contribution in [3.8, 4) is 28.7 Å². The van der Waals surface area contributed by atoms with Gasteiger partial charge in [0.1, 0.15) is 23.1 Å². The van der Waals surface area contributed by atoms with Crippen molar-refractivity contribution in [1.82, 2.24) is 19.7 Å². The first-order chi connectivity index (χ1) is 13.9. The second-order valence-electron chi connectivity index (χ2n) is 6.15. The number of hydrogen-bond donors (Lipinski definition) is 1. The van der Waals surface area contributed by atoms with Crippen LogP contribution in [0.1, 0.15) is 5.82 Å². The topological polar surface area (TPSA) is 78.9 Å². The van der Waals surface area contributed by atoms with Gasteiger partial charge in [0, 0.05) is 11.6 Å². The lowest BCUT2D eigenvalue weighted by molar-refractivity contribution is 0.428. The fraction of sp³-hybridized carbons (Fsp3) is 0.0500. The Bertz CT molecular complexity index is 1180. The third-order valence-electron chi connectivity index (χ3n) is 4.07. The molecule has 0 amide bonds. The van der Waals surface area contributed by atoms with Crippen molar-refractivity contribution < 1.29 is 13.5 Å². The molecule has 0 aliphatic rings. The van der Waals surface area contributed by atoms with E-state index < -0.39 is 0 Å². The average Bonchev–Trinajstić information content (AvgIpc) is 3.10. The summed E-state index contributed by atoms with van der Waals surface area (Å²) in [5.41, 5.74) is 7.74. The molecule has 2 heterocycles. The molecule has 0 bridgehead atoms. The number of benzene rings is 2. The van der Waals surface area contributed by atoms with E-state index in [0.29, 0.717) is 22.8 Å². The monoisotopic (exact) mass is 413 g/mol. The first-order valence-electron chi connectivity index (χ1n) is 8.50. The molecular formula is C20H14ClF2N5O. The maximum absolute atomic E-state index is 13.4. The molecule has 0 unspecified atom stereocenters. The Balaban J connectivity index is 1.83. The smallest absolute Gasteiger partial charge is 0.249 e. The van der Waals surface area contributed by atoms with Crippen LogP contribution in [-0.2, 0) is 0 Å². The van der Waals surface area contributed by atoms with E-state index in [2.05, 4.69) is 15.1 Å². The van der Waals surface area contributed by atoms with Crippen molar-refractivity contribution in [3.05, 3.63) is 77.2 Å². The summed E-state index contributed by atoms with van der Waals surface area (Å²) in [6.45, 7) is 1.65. The molecule has 2 N–H and O–H groups in total. The third kappa shape index (κ3) is 3.88. The minimum atomic E-state index is -0.385. The van der Waals surface area contributed by atoms with E-state index in [9.17, 15) is 8.78 Å². The number of anilines is 1. The Labute approximate surface area is 169 Å². The SMILES string of the molecule is Cc1nc(Cl)c(N)c(Oc2cc(-c3ccc(F)cc3)nn2-c2ccc(F)cc2)n1. The summed E-state index contributed by atoms with van der Waals surface area (Å²) in [6.07, 6.45) is 0. The highest BCUT2D eigenvalue weighted by molar-refractivity contribution is 6.32. The first-order valence-corrected chi connectivity index (χ1v) is 8.88. The van der Waals surface area contributed by atoms with E-state index in [1.807, 2.05) is 0 Å². The van der Waals surface area contributed by atoms with Crippen LogP contribution >= 0.6 is 11.6 Å². The summed E-state index contributed by atoms with van der Waals surface area (Å²) < 4.78 is 34.0. The highest BCUT2D eigenvalue weighted by Crippen LogP contribution is 2.33. The molecule has 0 saturated heterocycles. The van der Waals surface area contributed by atoms with Gasteiger partial charge in [0.2, 0.25) is 11.8 Å². The highest BCUT2D eigenvalue weighted by atomic mass is 35.5. The molecule has 6 nitrogen and oxygen atoms in total. The minimum absolute atomic E-state index is 0.0661. The average molecular weight is 414 g/mol. The lowest BCUT2D eigenvalue weighted by Crippen LogP contribution is -2.04. The molecule has 4 rings (SSSR count). The molecule has 4 aromatic rings. The van der Waals surface area contributed by atoms with Crippen molar-refractivity contribution >= 4 is 17.3 Å². The van der Waals surface area contributed by atoms with Crippen molar-refractivity contribution in [2.75, 3.05) is 5.73 Å². The standard InChI is InChI=1S/C20H14ClF2N5O/c1-11-25-19(21)18(24)20(26-11)29-17-10-16(12-2-4-13(22)5-3-12)27-28(17)15-8-6-14(23)7-9-15/h2-10H,24H2,1H3. The van der Waals surface area contributed by atoms with Gasteiger partial charge in [-0.25, -0.2) is 18.4 Å². The van der Waals surface area contributed by atoms with Crippen LogP contribution in [0.5, 0.6) is 11.8 Å². The number of nitrogen functional groups attached to an aromatic ring is 1. The summed E-state index contributed by atoms with van der Waals surface area (Å²) in [5.74, 6) is -0.0364. The molecular weight excluding hydrogens is 400 g/mol.